The predicted octanol–water partition coefficient (Wildman–Crippen LogP) is 4.24. The molecule has 0 spiro atoms. The number of methoxy groups -OCH3 is 1. The van der Waals surface area contributed by atoms with Crippen molar-refractivity contribution in [3.8, 4) is 5.75 Å². The lowest BCUT2D eigenvalue weighted by Gasteiger charge is -2.25. The average molecular weight is 396 g/mol. The summed E-state index contributed by atoms with van der Waals surface area (Å²) in [6.45, 7) is 3.91. The van der Waals surface area contributed by atoms with Crippen molar-refractivity contribution in [1.29, 1.82) is 0 Å². The van der Waals surface area contributed by atoms with E-state index in [4.69, 9.17) is 9.47 Å². The Balaban J connectivity index is 1.69. The van der Waals surface area contributed by atoms with Gasteiger partial charge >= 0.3 is 5.97 Å². The summed E-state index contributed by atoms with van der Waals surface area (Å²) >= 11 is 2.03. The minimum Gasteiger partial charge on any atom is -0.488 e. The minimum atomic E-state index is -0.328. The van der Waals surface area contributed by atoms with E-state index in [9.17, 15) is 4.79 Å². The van der Waals surface area contributed by atoms with Crippen LogP contribution in [0.15, 0.2) is 48.5 Å². The predicted molar refractivity (Wildman–Crippen MR) is 114 cm³/mol. The van der Waals surface area contributed by atoms with Crippen molar-refractivity contribution in [3.05, 3.63) is 70.8 Å². The molecule has 2 aliphatic heterocycles. The van der Waals surface area contributed by atoms with E-state index in [1.165, 1.54) is 29.7 Å². The summed E-state index contributed by atoms with van der Waals surface area (Å²) in [7, 11) is 1.41. The van der Waals surface area contributed by atoms with Gasteiger partial charge in [-0.1, -0.05) is 30.3 Å². The Morgan fingerprint density at radius 1 is 1.18 bits per heavy atom. The highest BCUT2D eigenvalue weighted by molar-refractivity contribution is 7.99. The molecule has 0 aliphatic carbocycles. The number of ether oxygens (including phenoxy) is 2. The van der Waals surface area contributed by atoms with E-state index in [2.05, 4.69) is 29.2 Å². The maximum atomic E-state index is 12.1. The van der Waals surface area contributed by atoms with Crippen molar-refractivity contribution in [2.24, 2.45) is 0 Å². The van der Waals surface area contributed by atoms with Gasteiger partial charge in [-0.2, -0.15) is 11.8 Å². The molecule has 0 radical (unpaired) electrons. The maximum absolute atomic E-state index is 12.1. The summed E-state index contributed by atoms with van der Waals surface area (Å²) in [5.74, 6) is 2.92. The smallest absolute Gasteiger partial charge is 0.337 e. The first-order chi connectivity index (χ1) is 13.8. The second kappa shape index (κ2) is 8.84. The molecule has 2 aliphatic rings. The van der Waals surface area contributed by atoms with Crippen molar-refractivity contribution in [2.45, 2.75) is 13.0 Å². The van der Waals surface area contributed by atoms with E-state index < -0.39 is 0 Å². The lowest BCUT2D eigenvalue weighted by atomic mass is 9.92. The second-order valence-electron chi connectivity index (χ2n) is 7.01. The van der Waals surface area contributed by atoms with Gasteiger partial charge in [-0.25, -0.2) is 4.79 Å². The van der Waals surface area contributed by atoms with Crippen molar-refractivity contribution >= 4 is 23.3 Å². The van der Waals surface area contributed by atoms with E-state index >= 15 is 0 Å². The Bertz CT molecular complexity index is 887. The van der Waals surface area contributed by atoms with Gasteiger partial charge in [0.25, 0.3) is 0 Å². The molecule has 2 aromatic carbocycles. The lowest BCUT2D eigenvalue weighted by molar-refractivity contribution is 0.0600. The van der Waals surface area contributed by atoms with E-state index in [-0.39, 0.29) is 5.97 Å². The number of nitrogens with zero attached hydrogens (tertiary/aromatic N) is 1. The number of carbonyl (C=O) groups is 1. The number of esters is 1. The normalized spacial score (nSPS) is 18.0. The largest absolute Gasteiger partial charge is 0.488 e. The average Bonchev–Trinajstić information content (AvgIpc) is 2.91. The van der Waals surface area contributed by atoms with E-state index in [0.717, 1.165) is 42.9 Å². The zero-order chi connectivity index (χ0) is 19.3. The first-order valence-electron chi connectivity index (χ1n) is 9.70. The minimum absolute atomic E-state index is 0.328. The third-order valence-electron chi connectivity index (χ3n) is 5.28. The Morgan fingerprint density at radius 2 is 2.00 bits per heavy atom. The van der Waals surface area contributed by atoms with Gasteiger partial charge < -0.3 is 14.4 Å². The molecule has 0 bridgehead atoms. The molecular weight excluding hydrogens is 370 g/mol. The van der Waals surface area contributed by atoms with Crippen LogP contribution in [0, 0.1) is 0 Å². The molecule has 4 nitrogen and oxygen atoms in total. The summed E-state index contributed by atoms with van der Waals surface area (Å²) in [5, 5.41) is 0. The summed E-state index contributed by atoms with van der Waals surface area (Å²) in [4.78, 5) is 14.6. The van der Waals surface area contributed by atoms with Crippen LogP contribution in [0.2, 0.25) is 0 Å². The van der Waals surface area contributed by atoms with Gasteiger partial charge in [-0.05, 0) is 41.3 Å². The van der Waals surface area contributed by atoms with Crippen molar-refractivity contribution in [3.63, 3.8) is 0 Å². The number of hydrogen-bond acceptors (Lipinski definition) is 5. The van der Waals surface area contributed by atoms with Crippen LogP contribution in [0.25, 0.3) is 5.57 Å². The molecule has 0 amide bonds. The van der Waals surface area contributed by atoms with Gasteiger partial charge in [0.2, 0.25) is 0 Å². The SMILES string of the molecule is COC(=O)c1ccc2c(c1)C(=CCCN1CCSCC1)c1ccccc1CO2. The molecule has 28 heavy (non-hydrogen) atoms. The van der Waals surface area contributed by atoms with Crippen molar-refractivity contribution in [2.75, 3.05) is 38.2 Å². The molecule has 5 heteroatoms. The Hall–Kier alpha value is -2.24. The number of fused-ring (bicyclic) bond motifs is 2. The standard InChI is InChI=1S/C23H25NO3S/c1-26-23(25)17-8-9-22-21(15-17)20(7-4-10-24-11-13-28-14-12-24)19-6-3-2-5-18(19)16-27-22/h2-3,5-9,15H,4,10-14,16H2,1H3. The summed E-state index contributed by atoms with van der Waals surface area (Å²) in [6.07, 6.45) is 3.27. The molecule has 0 unspecified atom stereocenters. The summed E-state index contributed by atoms with van der Waals surface area (Å²) < 4.78 is 11.0. The molecule has 0 aromatic heterocycles. The number of benzene rings is 2. The van der Waals surface area contributed by atoms with Crippen molar-refractivity contribution in [1.82, 2.24) is 4.90 Å². The molecule has 2 heterocycles. The highest BCUT2D eigenvalue weighted by atomic mass is 32.2. The van der Waals surface area contributed by atoms with Gasteiger partial charge in [0.05, 0.1) is 12.7 Å². The third kappa shape index (κ3) is 4.10. The Morgan fingerprint density at radius 3 is 2.82 bits per heavy atom. The quantitative estimate of drug-likeness (QED) is 0.724. The van der Waals surface area contributed by atoms with Gasteiger partial charge in [-0.3, -0.25) is 0 Å². The highest BCUT2D eigenvalue weighted by Gasteiger charge is 2.21. The highest BCUT2D eigenvalue weighted by Crippen LogP contribution is 2.37. The van der Waals surface area contributed by atoms with Crippen LogP contribution < -0.4 is 4.74 Å². The molecule has 4 rings (SSSR count). The monoisotopic (exact) mass is 395 g/mol. The fourth-order valence-electron chi connectivity index (χ4n) is 3.76. The van der Waals surface area contributed by atoms with Gasteiger partial charge in [0, 0.05) is 36.7 Å². The number of rotatable bonds is 4. The second-order valence-corrected chi connectivity index (χ2v) is 8.23. The van der Waals surface area contributed by atoms with Gasteiger partial charge in [0.15, 0.2) is 0 Å². The van der Waals surface area contributed by atoms with Crippen LogP contribution in [0.4, 0.5) is 0 Å². The number of carbonyl (C=O) groups excluding carboxylic acids is 1. The first-order valence-corrected chi connectivity index (χ1v) is 10.9. The molecule has 2 aromatic rings. The molecule has 1 fully saturated rings. The van der Waals surface area contributed by atoms with Gasteiger partial charge in [-0.15, -0.1) is 0 Å². The van der Waals surface area contributed by atoms with Crippen LogP contribution >= 0.6 is 11.8 Å². The van der Waals surface area contributed by atoms with E-state index in [1.807, 2.05) is 30.0 Å². The molecule has 0 saturated carbocycles. The van der Waals surface area contributed by atoms with Crippen LogP contribution in [0.1, 0.15) is 33.5 Å². The van der Waals surface area contributed by atoms with Crippen LogP contribution in [0.5, 0.6) is 5.75 Å². The number of hydrogen-bond donors (Lipinski definition) is 0. The van der Waals surface area contributed by atoms with Crippen molar-refractivity contribution < 1.29 is 14.3 Å². The first kappa shape index (κ1) is 19.1. The van der Waals surface area contributed by atoms with E-state index in [1.54, 1.807) is 6.07 Å². The zero-order valence-electron chi connectivity index (χ0n) is 16.1. The number of thioether (sulfide) groups is 1. The molecule has 0 atom stereocenters. The van der Waals surface area contributed by atoms with E-state index in [0.29, 0.717) is 12.2 Å². The Kier molecular flexibility index (Phi) is 6.03. The van der Waals surface area contributed by atoms with Crippen LogP contribution in [0.3, 0.4) is 0 Å². The van der Waals surface area contributed by atoms with Gasteiger partial charge in [0.1, 0.15) is 12.4 Å². The van der Waals surface area contributed by atoms with Crippen LogP contribution in [-0.2, 0) is 11.3 Å². The fourth-order valence-corrected chi connectivity index (χ4v) is 4.74. The molecule has 1 saturated heterocycles. The molecule has 146 valence electrons. The van der Waals surface area contributed by atoms with Crippen LogP contribution in [-0.4, -0.2) is 49.1 Å². The maximum Gasteiger partial charge on any atom is 0.337 e. The zero-order valence-corrected chi connectivity index (χ0v) is 17.0. The lowest BCUT2D eigenvalue weighted by Crippen LogP contribution is -2.33. The molecular formula is C23H25NO3S. The third-order valence-corrected chi connectivity index (χ3v) is 6.22. The molecule has 0 N–H and O–H groups in total. The topological polar surface area (TPSA) is 38.8 Å². The fraction of sp³-hybridized carbons (Fsp3) is 0.348. The summed E-state index contributed by atoms with van der Waals surface area (Å²) in [5.41, 5.74) is 4.99. The summed E-state index contributed by atoms with van der Waals surface area (Å²) in [6, 6.07) is 13.9. The Labute approximate surface area is 170 Å².